The van der Waals surface area contributed by atoms with E-state index in [0.717, 1.165) is 43.3 Å². The average molecular weight is 387 g/mol. The summed E-state index contributed by atoms with van der Waals surface area (Å²) in [6.45, 7) is 5.83. The van der Waals surface area contributed by atoms with Gasteiger partial charge in [0.05, 0.1) is 18.9 Å². The molecule has 1 aromatic heterocycles. The summed E-state index contributed by atoms with van der Waals surface area (Å²) in [6, 6.07) is 8.68. The molecule has 1 aliphatic rings. The van der Waals surface area contributed by atoms with E-state index in [0.29, 0.717) is 14.9 Å². The summed E-state index contributed by atoms with van der Waals surface area (Å²) in [7, 11) is -3.57. The van der Waals surface area contributed by atoms with Crippen molar-refractivity contribution in [3.05, 3.63) is 45.8 Å². The van der Waals surface area contributed by atoms with Gasteiger partial charge in [0.2, 0.25) is 0 Å². The van der Waals surface area contributed by atoms with Crippen LogP contribution in [-0.2, 0) is 21.3 Å². The second-order valence-corrected chi connectivity index (χ2v) is 9.27. The Morgan fingerprint density at radius 1 is 1.25 bits per heavy atom. The van der Waals surface area contributed by atoms with E-state index in [2.05, 4.69) is 9.62 Å². The van der Waals surface area contributed by atoms with E-state index in [9.17, 15) is 8.42 Å². The standard InChI is InChI=1S/C16H19ClN2O3S2/c1-12-2-5-16(23-12)24(20,21)18-14-4-3-13(15(17)10-14)11-19-6-8-22-9-7-19/h2-5,10,18H,6-9,11H2,1H3. The van der Waals surface area contributed by atoms with Crippen LogP contribution in [0.3, 0.4) is 0 Å². The monoisotopic (exact) mass is 386 g/mol. The van der Waals surface area contributed by atoms with E-state index < -0.39 is 10.0 Å². The first-order chi connectivity index (χ1) is 11.4. The normalized spacial score (nSPS) is 16.2. The molecule has 24 heavy (non-hydrogen) atoms. The molecule has 0 radical (unpaired) electrons. The number of nitrogens with one attached hydrogen (secondary N) is 1. The van der Waals surface area contributed by atoms with E-state index in [-0.39, 0.29) is 0 Å². The molecule has 1 fully saturated rings. The fourth-order valence-electron chi connectivity index (χ4n) is 2.50. The minimum atomic E-state index is -3.57. The van der Waals surface area contributed by atoms with Gasteiger partial charge < -0.3 is 4.74 Å². The summed E-state index contributed by atoms with van der Waals surface area (Å²) in [4.78, 5) is 3.22. The number of sulfonamides is 1. The van der Waals surface area contributed by atoms with Crippen molar-refractivity contribution in [3.8, 4) is 0 Å². The summed E-state index contributed by atoms with van der Waals surface area (Å²) < 4.78 is 32.9. The predicted molar refractivity (Wildman–Crippen MR) is 97.4 cm³/mol. The van der Waals surface area contributed by atoms with Gasteiger partial charge in [-0.2, -0.15) is 0 Å². The number of anilines is 1. The largest absolute Gasteiger partial charge is 0.379 e. The second-order valence-electron chi connectivity index (χ2n) is 5.67. The zero-order valence-corrected chi connectivity index (χ0v) is 15.7. The fourth-order valence-corrected chi connectivity index (χ4v) is 5.07. The van der Waals surface area contributed by atoms with Crippen LogP contribution in [-0.4, -0.2) is 39.6 Å². The Morgan fingerprint density at radius 2 is 2.00 bits per heavy atom. The van der Waals surface area contributed by atoms with E-state index in [4.69, 9.17) is 16.3 Å². The Hall–Kier alpha value is -1.12. The number of rotatable bonds is 5. The number of benzene rings is 1. The Balaban J connectivity index is 1.72. The molecule has 8 heteroatoms. The SMILES string of the molecule is Cc1ccc(S(=O)(=O)Nc2ccc(CN3CCOCC3)c(Cl)c2)s1. The van der Waals surface area contributed by atoms with Crippen molar-refractivity contribution in [2.24, 2.45) is 0 Å². The van der Waals surface area contributed by atoms with Gasteiger partial charge in [0, 0.05) is 29.5 Å². The van der Waals surface area contributed by atoms with Crippen LogP contribution in [0.5, 0.6) is 0 Å². The van der Waals surface area contributed by atoms with E-state index >= 15 is 0 Å². The third-order valence-electron chi connectivity index (χ3n) is 3.78. The number of halogens is 1. The molecule has 0 saturated carbocycles. The van der Waals surface area contributed by atoms with Crippen molar-refractivity contribution in [1.29, 1.82) is 0 Å². The molecule has 0 amide bonds. The van der Waals surface area contributed by atoms with E-state index in [1.165, 1.54) is 11.3 Å². The third-order valence-corrected chi connectivity index (χ3v) is 7.01. The van der Waals surface area contributed by atoms with Crippen LogP contribution < -0.4 is 4.72 Å². The first kappa shape index (κ1) is 17.7. The topological polar surface area (TPSA) is 58.6 Å². The van der Waals surface area contributed by atoms with Crippen LogP contribution in [0.2, 0.25) is 5.02 Å². The fraction of sp³-hybridized carbons (Fsp3) is 0.375. The highest BCUT2D eigenvalue weighted by atomic mass is 35.5. The van der Waals surface area contributed by atoms with Crippen LogP contribution >= 0.6 is 22.9 Å². The number of thiophene rings is 1. The van der Waals surface area contributed by atoms with Crippen molar-refractivity contribution in [2.45, 2.75) is 17.7 Å². The Labute approximate surface area is 151 Å². The third kappa shape index (κ3) is 4.29. The van der Waals surface area contributed by atoms with Crippen molar-refractivity contribution < 1.29 is 13.2 Å². The van der Waals surface area contributed by atoms with Crippen LogP contribution in [0.15, 0.2) is 34.5 Å². The molecule has 0 aliphatic carbocycles. The lowest BCUT2D eigenvalue weighted by molar-refractivity contribution is 0.0342. The van der Waals surface area contributed by atoms with Gasteiger partial charge in [-0.3, -0.25) is 9.62 Å². The molecule has 2 heterocycles. The lowest BCUT2D eigenvalue weighted by Gasteiger charge is -2.27. The maximum Gasteiger partial charge on any atom is 0.271 e. The zero-order valence-electron chi connectivity index (χ0n) is 13.3. The number of hydrogen-bond acceptors (Lipinski definition) is 5. The van der Waals surface area contributed by atoms with Crippen molar-refractivity contribution in [2.75, 3.05) is 31.0 Å². The van der Waals surface area contributed by atoms with Crippen molar-refractivity contribution in [3.63, 3.8) is 0 Å². The number of hydrogen-bond donors (Lipinski definition) is 1. The highest BCUT2D eigenvalue weighted by molar-refractivity contribution is 7.94. The lowest BCUT2D eigenvalue weighted by atomic mass is 10.2. The maximum atomic E-state index is 12.4. The van der Waals surface area contributed by atoms with Crippen molar-refractivity contribution in [1.82, 2.24) is 4.90 Å². The Bertz CT molecular complexity index is 814. The van der Waals surface area contributed by atoms with E-state index in [1.54, 1.807) is 24.3 Å². The van der Waals surface area contributed by atoms with Gasteiger partial charge in [-0.05, 0) is 36.8 Å². The molecule has 1 saturated heterocycles. The number of ether oxygens (including phenoxy) is 1. The molecule has 130 valence electrons. The van der Waals surface area contributed by atoms with E-state index in [1.807, 2.05) is 13.0 Å². The quantitative estimate of drug-likeness (QED) is 0.856. The first-order valence-corrected chi connectivity index (χ1v) is 10.3. The number of morpholine rings is 1. The van der Waals surface area contributed by atoms with Gasteiger partial charge in [0.1, 0.15) is 4.21 Å². The van der Waals surface area contributed by atoms with Gasteiger partial charge in [-0.25, -0.2) is 8.42 Å². The molecule has 0 spiro atoms. The maximum absolute atomic E-state index is 12.4. The molecule has 1 N–H and O–H groups in total. The zero-order chi connectivity index (χ0) is 17.2. The molecule has 0 atom stereocenters. The van der Waals surface area contributed by atoms with Crippen molar-refractivity contribution >= 4 is 38.6 Å². The summed E-state index contributed by atoms with van der Waals surface area (Å²) in [5.41, 5.74) is 1.45. The Kier molecular flexibility index (Phi) is 5.46. The summed E-state index contributed by atoms with van der Waals surface area (Å²) in [5, 5.41) is 0.559. The molecule has 3 rings (SSSR count). The molecule has 2 aromatic rings. The van der Waals surface area contributed by atoms with Gasteiger partial charge in [0.15, 0.2) is 0 Å². The molecule has 1 aliphatic heterocycles. The molecule has 1 aromatic carbocycles. The smallest absolute Gasteiger partial charge is 0.271 e. The first-order valence-electron chi connectivity index (χ1n) is 7.62. The highest BCUT2D eigenvalue weighted by Crippen LogP contribution is 2.27. The molecular weight excluding hydrogens is 368 g/mol. The molecule has 0 unspecified atom stereocenters. The number of aryl methyl sites for hydroxylation is 1. The van der Waals surface area contributed by atoms with Gasteiger partial charge in [-0.15, -0.1) is 11.3 Å². The minimum Gasteiger partial charge on any atom is -0.379 e. The molecule has 5 nitrogen and oxygen atoms in total. The molecule has 0 bridgehead atoms. The molecular formula is C16H19ClN2O3S2. The highest BCUT2D eigenvalue weighted by Gasteiger charge is 2.17. The van der Waals surface area contributed by atoms with Gasteiger partial charge >= 0.3 is 0 Å². The lowest BCUT2D eigenvalue weighted by Crippen LogP contribution is -2.35. The summed E-state index contributed by atoms with van der Waals surface area (Å²) >= 11 is 7.58. The van der Waals surface area contributed by atoms with Crippen LogP contribution in [0.4, 0.5) is 5.69 Å². The average Bonchev–Trinajstić information content (AvgIpc) is 2.98. The van der Waals surface area contributed by atoms with Gasteiger partial charge in [0.25, 0.3) is 10.0 Å². The predicted octanol–water partition coefficient (Wildman–Crippen LogP) is 3.34. The van der Waals surface area contributed by atoms with Gasteiger partial charge in [-0.1, -0.05) is 17.7 Å². The minimum absolute atomic E-state index is 0.300. The van der Waals surface area contributed by atoms with Crippen LogP contribution in [0.25, 0.3) is 0 Å². The second kappa shape index (κ2) is 7.41. The number of nitrogens with zero attached hydrogens (tertiary/aromatic N) is 1. The summed E-state index contributed by atoms with van der Waals surface area (Å²) in [5.74, 6) is 0. The van der Waals surface area contributed by atoms with Crippen LogP contribution in [0, 0.1) is 6.92 Å². The van der Waals surface area contributed by atoms with Crippen LogP contribution in [0.1, 0.15) is 10.4 Å². The Morgan fingerprint density at radius 3 is 2.62 bits per heavy atom. The summed E-state index contributed by atoms with van der Waals surface area (Å²) in [6.07, 6.45) is 0.